The molecule has 0 heterocycles. The van der Waals surface area contributed by atoms with Crippen molar-refractivity contribution < 1.29 is 28.6 Å². The highest BCUT2D eigenvalue weighted by molar-refractivity contribution is 8.00. The van der Waals surface area contributed by atoms with Crippen LogP contribution in [-0.4, -0.2) is 44.3 Å². The molecule has 0 spiro atoms. The Bertz CT molecular complexity index is 1700. The number of benzene rings is 4. The third-order valence-electron chi connectivity index (χ3n) is 7.17. The second kappa shape index (κ2) is 16.4. The van der Waals surface area contributed by atoms with Gasteiger partial charge in [0, 0.05) is 21.8 Å². The van der Waals surface area contributed by atoms with E-state index in [2.05, 4.69) is 29.8 Å². The smallest absolute Gasteiger partial charge is 0.272 e. The molecule has 4 aromatic rings. The van der Waals surface area contributed by atoms with Crippen molar-refractivity contribution in [3.05, 3.63) is 113 Å². The van der Waals surface area contributed by atoms with Gasteiger partial charge in [0.1, 0.15) is 5.70 Å². The molecule has 0 fully saturated rings. The van der Waals surface area contributed by atoms with E-state index >= 15 is 0 Å². The van der Waals surface area contributed by atoms with E-state index in [1.807, 2.05) is 43.3 Å². The van der Waals surface area contributed by atoms with Crippen LogP contribution >= 0.6 is 11.8 Å². The predicted molar refractivity (Wildman–Crippen MR) is 188 cm³/mol. The number of ether oxygens (including phenoxy) is 3. The van der Waals surface area contributed by atoms with E-state index in [-0.39, 0.29) is 16.9 Å². The first-order chi connectivity index (χ1) is 22.6. The summed E-state index contributed by atoms with van der Waals surface area (Å²) in [5.74, 6) is 0.504. The summed E-state index contributed by atoms with van der Waals surface area (Å²) in [5, 5.41) is 8.19. The van der Waals surface area contributed by atoms with E-state index in [9.17, 15) is 14.4 Å². The number of nitrogens with one attached hydrogen (secondary N) is 3. The Morgan fingerprint density at radius 1 is 0.723 bits per heavy atom. The lowest BCUT2D eigenvalue weighted by Gasteiger charge is -2.15. The summed E-state index contributed by atoms with van der Waals surface area (Å²) in [4.78, 5) is 40.3. The lowest BCUT2D eigenvalue weighted by Crippen LogP contribution is -2.30. The SMILES string of the molecule is COc1cc(/C=C(\NC(=O)c2ccccc2)C(=O)Nc2ccc(SC(C)C(=O)Nc3ccc(C(C)C)cc3)cc2)cc(OC)c1OC. The summed E-state index contributed by atoms with van der Waals surface area (Å²) in [7, 11) is 4.49. The molecule has 0 bridgehead atoms. The largest absolute Gasteiger partial charge is 0.493 e. The normalized spacial score (nSPS) is 11.8. The van der Waals surface area contributed by atoms with Crippen molar-refractivity contribution in [2.45, 2.75) is 36.8 Å². The van der Waals surface area contributed by atoms with Crippen LogP contribution in [0.5, 0.6) is 17.2 Å². The molecular formula is C37H39N3O6S. The van der Waals surface area contributed by atoms with Gasteiger partial charge in [-0.25, -0.2) is 0 Å². The minimum Gasteiger partial charge on any atom is -0.493 e. The summed E-state index contributed by atoms with van der Waals surface area (Å²) >= 11 is 1.40. The van der Waals surface area contributed by atoms with Gasteiger partial charge in [0.2, 0.25) is 11.7 Å². The molecule has 9 nitrogen and oxygen atoms in total. The van der Waals surface area contributed by atoms with Crippen molar-refractivity contribution in [1.82, 2.24) is 5.32 Å². The Balaban J connectivity index is 1.49. The van der Waals surface area contributed by atoms with Gasteiger partial charge < -0.3 is 30.2 Å². The van der Waals surface area contributed by atoms with Crippen LogP contribution in [0.25, 0.3) is 6.08 Å². The number of anilines is 2. The van der Waals surface area contributed by atoms with Gasteiger partial charge in [-0.2, -0.15) is 0 Å². The van der Waals surface area contributed by atoms with Crippen LogP contribution < -0.4 is 30.2 Å². The third-order valence-corrected chi connectivity index (χ3v) is 8.28. The van der Waals surface area contributed by atoms with Gasteiger partial charge >= 0.3 is 0 Å². The van der Waals surface area contributed by atoms with Gasteiger partial charge in [-0.05, 0) is 90.7 Å². The molecule has 1 unspecified atom stereocenters. The Kier molecular flexibility index (Phi) is 12.1. The third kappa shape index (κ3) is 9.40. The van der Waals surface area contributed by atoms with Crippen molar-refractivity contribution in [2.24, 2.45) is 0 Å². The second-order valence-electron chi connectivity index (χ2n) is 10.8. The lowest BCUT2D eigenvalue weighted by atomic mass is 10.0. The molecule has 0 saturated heterocycles. The molecule has 47 heavy (non-hydrogen) atoms. The van der Waals surface area contributed by atoms with Crippen LogP contribution in [-0.2, 0) is 9.59 Å². The average Bonchev–Trinajstić information content (AvgIpc) is 3.08. The number of hydrogen-bond acceptors (Lipinski definition) is 7. The van der Waals surface area contributed by atoms with Crippen molar-refractivity contribution in [3.8, 4) is 17.2 Å². The molecule has 0 aliphatic carbocycles. The number of carbonyl (C=O) groups is 3. The number of thioether (sulfide) groups is 1. The van der Waals surface area contributed by atoms with Crippen molar-refractivity contribution in [2.75, 3.05) is 32.0 Å². The minimum atomic E-state index is -0.542. The first-order valence-corrected chi connectivity index (χ1v) is 15.9. The zero-order valence-electron chi connectivity index (χ0n) is 27.3. The number of methoxy groups -OCH3 is 3. The summed E-state index contributed by atoms with van der Waals surface area (Å²) in [6, 6.07) is 26.9. The average molecular weight is 654 g/mol. The Morgan fingerprint density at radius 3 is 1.85 bits per heavy atom. The highest BCUT2D eigenvalue weighted by atomic mass is 32.2. The number of carbonyl (C=O) groups excluding carboxylic acids is 3. The molecule has 0 aliphatic rings. The van der Waals surface area contributed by atoms with E-state index in [1.54, 1.807) is 54.6 Å². The van der Waals surface area contributed by atoms with Crippen LogP contribution in [0.1, 0.15) is 48.2 Å². The lowest BCUT2D eigenvalue weighted by molar-refractivity contribution is -0.115. The monoisotopic (exact) mass is 653 g/mol. The van der Waals surface area contributed by atoms with E-state index < -0.39 is 11.8 Å². The van der Waals surface area contributed by atoms with E-state index in [0.717, 1.165) is 10.6 Å². The van der Waals surface area contributed by atoms with E-state index in [1.165, 1.54) is 44.7 Å². The van der Waals surface area contributed by atoms with E-state index in [4.69, 9.17) is 14.2 Å². The minimum absolute atomic E-state index is 0.00158. The number of rotatable bonds is 13. The van der Waals surface area contributed by atoms with Gasteiger partial charge in [0.25, 0.3) is 11.8 Å². The van der Waals surface area contributed by atoms with Crippen molar-refractivity contribution in [1.29, 1.82) is 0 Å². The molecule has 0 aliphatic heterocycles. The molecule has 244 valence electrons. The first kappa shape index (κ1) is 34.6. The Labute approximate surface area is 279 Å². The molecule has 4 aromatic carbocycles. The van der Waals surface area contributed by atoms with E-state index in [0.29, 0.717) is 40.0 Å². The van der Waals surface area contributed by atoms with Crippen LogP contribution in [0.2, 0.25) is 0 Å². The highest BCUT2D eigenvalue weighted by Crippen LogP contribution is 2.38. The molecule has 3 amide bonds. The Hall–Kier alpha value is -5.22. The quantitative estimate of drug-likeness (QED) is 0.102. The fraction of sp³-hybridized carbons (Fsp3) is 0.216. The van der Waals surface area contributed by atoms with Gasteiger partial charge in [-0.3, -0.25) is 14.4 Å². The molecule has 10 heteroatoms. The molecule has 4 rings (SSSR count). The van der Waals surface area contributed by atoms with Crippen LogP contribution in [0, 0.1) is 0 Å². The van der Waals surface area contributed by atoms with Crippen LogP contribution in [0.3, 0.4) is 0 Å². The standard InChI is InChI=1S/C37H39N3O6S/c1-23(2)26-12-14-28(15-13-26)38-35(41)24(3)47-30-18-16-29(17-19-30)39-37(43)31(40-36(42)27-10-8-7-9-11-27)20-25-21-32(44-4)34(46-6)33(22-25)45-5/h7-24H,1-6H3,(H,38,41)(H,39,43)(H,40,42)/b31-20-. The predicted octanol–water partition coefficient (Wildman–Crippen LogP) is 7.36. The highest BCUT2D eigenvalue weighted by Gasteiger charge is 2.19. The number of amides is 3. The first-order valence-electron chi connectivity index (χ1n) is 15.0. The topological polar surface area (TPSA) is 115 Å². The van der Waals surface area contributed by atoms with Gasteiger partial charge in [0.15, 0.2) is 11.5 Å². The summed E-state index contributed by atoms with van der Waals surface area (Å²) in [6.07, 6.45) is 1.53. The summed E-state index contributed by atoms with van der Waals surface area (Å²) in [6.45, 7) is 6.09. The number of hydrogen-bond donors (Lipinski definition) is 3. The maximum atomic E-state index is 13.6. The zero-order valence-corrected chi connectivity index (χ0v) is 28.1. The van der Waals surface area contributed by atoms with Gasteiger partial charge in [-0.1, -0.05) is 44.2 Å². The van der Waals surface area contributed by atoms with Gasteiger partial charge in [0.05, 0.1) is 26.6 Å². The summed E-state index contributed by atoms with van der Waals surface area (Å²) < 4.78 is 16.3. The van der Waals surface area contributed by atoms with Gasteiger partial charge in [-0.15, -0.1) is 11.8 Å². The van der Waals surface area contributed by atoms with Crippen molar-refractivity contribution in [3.63, 3.8) is 0 Å². The summed E-state index contributed by atoms with van der Waals surface area (Å²) in [5.41, 5.74) is 3.39. The van der Waals surface area contributed by atoms with Crippen LogP contribution in [0.4, 0.5) is 11.4 Å². The maximum Gasteiger partial charge on any atom is 0.272 e. The molecule has 0 saturated carbocycles. The maximum absolute atomic E-state index is 13.6. The molecule has 3 N–H and O–H groups in total. The van der Waals surface area contributed by atoms with Crippen LogP contribution in [0.15, 0.2) is 102 Å². The molecule has 0 aromatic heterocycles. The zero-order chi connectivity index (χ0) is 33.9. The fourth-order valence-electron chi connectivity index (χ4n) is 4.56. The fourth-order valence-corrected chi connectivity index (χ4v) is 5.43. The second-order valence-corrected chi connectivity index (χ2v) is 12.3. The molecule has 0 radical (unpaired) electrons. The molecular weight excluding hydrogens is 614 g/mol. The van der Waals surface area contributed by atoms with Crippen molar-refractivity contribution >= 4 is 46.9 Å². The molecule has 1 atom stereocenters. The Morgan fingerprint density at radius 2 is 1.30 bits per heavy atom.